The summed E-state index contributed by atoms with van der Waals surface area (Å²) in [6, 6.07) is 9.36. The van der Waals surface area contributed by atoms with E-state index in [4.69, 9.17) is 4.74 Å². The Labute approximate surface area is 158 Å². The minimum absolute atomic E-state index is 0.146. The monoisotopic (exact) mass is 358 g/mol. The summed E-state index contributed by atoms with van der Waals surface area (Å²) in [5.41, 5.74) is 2.79. The third-order valence-corrected chi connectivity index (χ3v) is 5.52. The highest BCUT2D eigenvalue weighted by molar-refractivity contribution is 5.79. The number of nitrogens with one attached hydrogen (secondary N) is 1. The Kier molecular flexibility index (Phi) is 7.09. The number of benzene rings is 1. The molecule has 1 atom stereocenters. The highest BCUT2D eigenvalue weighted by Gasteiger charge is 2.26. The summed E-state index contributed by atoms with van der Waals surface area (Å²) >= 11 is 0. The van der Waals surface area contributed by atoms with Crippen LogP contribution in [0.5, 0.6) is 0 Å². The number of carbonyl (C=O) groups excluding carboxylic acids is 1. The SMILES string of the molecule is CC(C)Cc1ccc(CN2CCC[C@@H](NC(=O)C3CCOCC3)C2)cc1. The van der Waals surface area contributed by atoms with Crippen molar-refractivity contribution in [2.75, 3.05) is 26.3 Å². The summed E-state index contributed by atoms with van der Waals surface area (Å²) in [5, 5.41) is 3.30. The Balaban J connectivity index is 1.47. The van der Waals surface area contributed by atoms with Gasteiger partial charge in [0.15, 0.2) is 0 Å². The maximum absolute atomic E-state index is 12.5. The van der Waals surface area contributed by atoms with Gasteiger partial charge in [0.05, 0.1) is 0 Å². The second-order valence-electron chi connectivity index (χ2n) is 8.38. The molecule has 4 nitrogen and oxygen atoms in total. The van der Waals surface area contributed by atoms with Crippen LogP contribution in [0.25, 0.3) is 0 Å². The largest absolute Gasteiger partial charge is 0.381 e. The minimum Gasteiger partial charge on any atom is -0.381 e. The molecule has 26 heavy (non-hydrogen) atoms. The van der Waals surface area contributed by atoms with Gasteiger partial charge in [0.1, 0.15) is 0 Å². The maximum Gasteiger partial charge on any atom is 0.223 e. The predicted molar refractivity (Wildman–Crippen MR) is 105 cm³/mol. The molecule has 144 valence electrons. The zero-order chi connectivity index (χ0) is 18.4. The molecule has 0 unspecified atom stereocenters. The molecule has 1 N–H and O–H groups in total. The van der Waals surface area contributed by atoms with Crippen LogP contribution in [0.15, 0.2) is 24.3 Å². The van der Waals surface area contributed by atoms with Gasteiger partial charge in [-0.1, -0.05) is 38.1 Å². The van der Waals surface area contributed by atoms with Crippen LogP contribution in [-0.2, 0) is 22.5 Å². The molecule has 1 amide bonds. The van der Waals surface area contributed by atoms with Gasteiger partial charge >= 0.3 is 0 Å². The van der Waals surface area contributed by atoms with Crippen LogP contribution in [0.4, 0.5) is 0 Å². The lowest BCUT2D eigenvalue weighted by molar-refractivity contribution is -0.129. The van der Waals surface area contributed by atoms with Crippen molar-refractivity contribution < 1.29 is 9.53 Å². The fourth-order valence-corrected chi connectivity index (χ4v) is 4.11. The number of amides is 1. The molecule has 1 aromatic carbocycles. The average molecular weight is 359 g/mol. The summed E-state index contributed by atoms with van der Waals surface area (Å²) < 4.78 is 5.36. The second-order valence-corrected chi connectivity index (χ2v) is 8.38. The molecule has 2 aliphatic rings. The van der Waals surface area contributed by atoms with Crippen LogP contribution >= 0.6 is 0 Å². The molecule has 0 spiro atoms. The molecule has 0 saturated carbocycles. The molecule has 0 aromatic heterocycles. The Morgan fingerprint density at radius 3 is 2.54 bits per heavy atom. The van der Waals surface area contributed by atoms with Crippen molar-refractivity contribution in [2.45, 2.75) is 58.5 Å². The van der Waals surface area contributed by atoms with E-state index in [0.717, 1.165) is 65.0 Å². The number of likely N-dealkylation sites (tertiary alicyclic amines) is 1. The van der Waals surface area contributed by atoms with Gasteiger partial charge < -0.3 is 10.1 Å². The van der Waals surface area contributed by atoms with Crippen molar-refractivity contribution in [3.8, 4) is 0 Å². The lowest BCUT2D eigenvalue weighted by Gasteiger charge is -2.34. The molecular formula is C22H34N2O2. The fourth-order valence-electron chi connectivity index (χ4n) is 4.11. The van der Waals surface area contributed by atoms with Crippen LogP contribution in [0, 0.1) is 11.8 Å². The first-order valence-corrected chi connectivity index (χ1v) is 10.3. The number of carbonyl (C=O) groups is 1. The van der Waals surface area contributed by atoms with Gasteiger partial charge in [0.25, 0.3) is 0 Å². The summed E-state index contributed by atoms with van der Waals surface area (Å²) in [6.07, 6.45) is 5.13. The van der Waals surface area contributed by atoms with Gasteiger partial charge in [0, 0.05) is 38.3 Å². The second kappa shape index (κ2) is 9.52. The van der Waals surface area contributed by atoms with Crippen molar-refractivity contribution in [2.24, 2.45) is 11.8 Å². The van der Waals surface area contributed by atoms with E-state index in [1.54, 1.807) is 0 Å². The first kappa shape index (κ1) is 19.4. The molecule has 2 saturated heterocycles. The van der Waals surface area contributed by atoms with E-state index in [9.17, 15) is 4.79 Å². The van der Waals surface area contributed by atoms with Gasteiger partial charge in [-0.25, -0.2) is 0 Å². The minimum atomic E-state index is 0.146. The first-order chi connectivity index (χ1) is 12.6. The van der Waals surface area contributed by atoms with Gasteiger partial charge in [-0.3, -0.25) is 9.69 Å². The van der Waals surface area contributed by atoms with E-state index >= 15 is 0 Å². The van der Waals surface area contributed by atoms with Crippen LogP contribution in [-0.4, -0.2) is 43.2 Å². The fraction of sp³-hybridized carbons (Fsp3) is 0.682. The quantitative estimate of drug-likeness (QED) is 0.847. The third-order valence-electron chi connectivity index (χ3n) is 5.52. The molecular weight excluding hydrogens is 324 g/mol. The maximum atomic E-state index is 12.5. The highest BCUT2D eigenvalue weighted by Crippen LogP contribution is 2.18. The zero-order valence-corrected chi connectivity index (χ0v) is 16.4. The lowest BCUT2D eigenvalue weighted by atomic mass is 9.97. The predicted octanol–water partition coefficient (Wildman–Crippen LogP) is 3.39. The molecule has 0 bridgehead atoms. The van der Waals surface area contributed by atoms with Gasteiger partial charge in [0.2, 0.25) is 5.91 Å². The number of hydrogen-bond donors (Lipinski definition) is 1. The molecule has 2 aliphatic heterocycles. The van der Waals surface area contributed by atoms with Crippen LogP contribution in [0.2, 0.25) is 0 Å². The van der Waals surface area contributed by atoms with E-state index < -0.39 is 0 Å². The Bertz CT molecular complexity index is 564. The van der Waals surface area contributed by atoms with E-state index in [1.807, 2.05) is 0 Å². The molecule has 0 aliphatic carbocycles. The number of rotatable bonds is 6. The van der Waals surface area contributed by atoms with E-state index in [0.29, 0.717) is 12.0 Å². The molecule has 4 heteroatoms. The number of ether oxygens (including phenoxy) is 1. The number of piperidine rings is 1. The van der Waals surface area contributed by atoms with E-state index in [-0.39, 0.29) is 11.8 Å². The van der Waals surface area contributed by atoms with Gasteiger partial charge in [-0.05, 0) is 55.7 Å². The van der Waals surface area contributed by atoms with Crippen LogP contribution < -0.4 is 5.32 Å². The molecule has 0 radical (unpaired) electrons. The Hall–Kier alpha value is -1.39. The smallest absolute Gasteiger partial charge is 0.223 e. The Morgan fingerprint density at radius 1 is 1.15 bits per heavy atom. The summed E-state index contributed by atoms with van der Waals surface area (Å²) in [4.78, 5) is 15.0. The summed E-state index contributed by atoms with van der Waals surface area (Å²) in [6.45, 7) is 9.03. The van der Waals surface area contributed by atoms with Crippen molar-refractivity contribution in [1.82, 2.24) is 10.2 Å². The molecule has 2 heterocycles. The van der Waals surface area contributed by atoms with Crippen molar-refractivity contribution in [3.63, 3.8) is 0 Å². The normalized spacial score (nSPS) is 22.5. The first-order valence-electron chi connectivity index (χ1n) is 10.3. The topological polar surface area (TPSA) is 41.6 Å². The zero-order valence-electron chi connectivity index (χ0n) is 16.4. The molecule has 3 rings (SSSR count). The molecule has 2 fully saturated rings. The number of hydrogen-bond acceptors (Lipinski definition) is 3. The van der Waals surface area contributed by atoms with E-state index in [1.165, 1.54) is 11.1 Å². The summed E-state index contributed by atoms with van der Waals surface area (Å²) in [5.74, 6) is 1.08. The van der Waals surface area contributed by atoms with Crippen LogP contribution in [0.1, 0.15) is 50.7 Å². The van der Waals surface area contributed by atoms with E-state index in [2.05, 4.69) is 48.3 Å². The summed E-state index contributed by atoms with van der Waals surface area (Å²) in [7, 11) is 0. The highest BCUT2D eigenvalue weighted by atomic mass is 16.5. The average Bonchev–Trinajstić information content (AvgIpc) is 2.64. The van der Waals surface area contributed by atoms with Crippen molar-refractivity contribution in [3.05, 3.63) is 35.4 Å². The number of nitrogens with zero attached hydrogens (tertiary/aromatic N) is 1. The lowest BCUT2D eigenvalue weighted by Crippen LogP contribution is -2.49. The van der Waals surface area contributed by atoms with Gasteiger partial charge in [-0.2, -0.15) is 0 Å². The Morgan fingerprint density at radius 2 is 1.85 bits per heavy atom. The standard InChI is InChI=1S/C22H34N2O2/c1-17(2)14-18-5-7-19(8-6-18)15-24-11-3-4-21(16-24)23-22(25)20-9-12-26-13-10-20/h5-8,17,20-21H,3-4,9-16H2,1-2H3,(H,23,25)/t21-/m1/s1. The van der Waals surface area contributed by atoms with Crippen molar-refractivity contribution >= 4 is 5.91 Å². The van der Waals surface area contributed by atoms with Gasteiger partial charge in [-0.15, -0.1) is 0 Å². The molecule has 1 aromatic rings. The van der Waals surface area contributed by atoms with Crippen LogP contribution in [0.3, 0.4) is 0 Å². The van der Waals surface area contributed by atoms with Crippen molar-refractivity contribution in [1.29, 1.82) is 0 Å². The third kappa shape index (κ3) is 5.82.